The van der Waals surface area contributed by atoms with Crippen molar-refractivity contribution in [3.05, 3.63) is 80.5 Å². The van der Waals surface area contributed by atoms with Gasteiger partial charge in [0.25, 0.3) is 11.6 Å². The van der Waals surface area contributed by atoms with Crippen molar-refractivity contribution >= 4 is 39.3 Å². The average Bonchev–Trinajstić information content (AvgIpc) is 3.19. The number of hydrogen-bond donors (Lipinski definition) is 1. The molecule has 0 unspecified atom stereocenters. The number of anilines is 1. The van der Waals surface area contributed by atoms with Gasteiger partial charge in [0, 0.05) is 22.3 Å². The van der Waals surface area contributed by atoms with E-state index in [1.807, 2.05) is 12.1 Å². The van der Waals surface area contributed by atoms with Crippen LogP contribution < -0.4 is 10.1 Å². The number of nitrogens with one attached hydrogen (secondary N) is 1. The monoisotopic (exact) mass is 467 g/mol. The maximum absolute atomic E-state index is 12.4. The minimum absolute atomic E-state index is 0.113. The van der Waals surface area contributed by atoms with E-state index in [0.717, 1.165) is 4.47 Å². The van der Waals surface area contributed by atoms with Gasteiger partial charge in [0.2, 0.25) is 0 Å². The van der Waals surface area contributed by atoms with Gasteiger partial charge in [-0.1, -0.05) is 22.0 Å². The number of benzene rings is 2. The summed E-state index contributed by atoms with van der Waals surface area (Å²) in [5.74, 6) is 0.326. The van der Waals surface area contributed by atoms with Crippen molar-refractivity contribution in [1.29, 1.82) is 5.26 Å². The molecule has 1 aromatic heterocycles. The summed E-state index contributed by atoms with van der Waals surface area (Å²) in [6.07, 6.45) is 1.31. The highest BCUT2D eigenvalue weighted by molar-refractivity contribution is 9.10. The lowest BCUT2D eigenvalue weighted by atomic mass is 10.1. The van der Waals surface area contributed by atoms with Crippen LogP contribution in [0.1, 0.15) is 5.76 Å². The second-order valence-corrected chi connectivity index (χ2v) is 6.89. The Balaban J connectivity index is 1.86. The van der Waals surface area contributed by atoms with Gasteiger partial charge in [-0.3, -0.25) is 14.9 Å². The van der Waals surface area contributed by atoms with E-state index in [-0.39, 0.29) is 22.8 Å². The molecule has 0 atom stereocenters. The molecule has 0 saturated heterocycles. The van der Waals surface area contributed by atoms with E-state index in [1.54, 1.807) is 30.3 Å². The third-order valence-corrected chi connectivity index (χ3v) is 4.52. The molecule has 0 saturated carbocycles. The highest BCUT2D eigenvalue weighted by Crippen LogP contribution is 2.34. The lowest BCUT2D eigenvalue weighted by Gasteiger charge is -2.06. The van der Waals surface area contributed by atoms with Crippen molar-refractivity contribution < 1.29 is 18.9 Å². The van der Waals surface area contributed by atoms with Crippen LogP contribution in [0.25, 0.3) is 17.4 Å². The minimum Gasteiger partial charge on any atom is -0.496 e. The molecule has 30 heavy (non-hydrogen) atoms. The van der Waals surface area contributed by atoms with E-state index in [9.17, 15) is 20.2 Å². The Morgan fingerprint density at radius 1 is 1.27 bits per heavy atom. The number of nitro benzene ring substituents is 1. The van der Waals surface area contributed by atoms with E-state index in [4.69, 9.17) is 9.15 Å². The van der Waals surface area contributed by atoms with Crippen LogP contribution in [0.4, 0.5) is 11.4 Å². The summed E-state index contributed by atoms with van der Waals surface area (Å²) in [4.78, 5) is 22.8. The Morgan fingerprint density at radius 3 is 2.73 bits per heavy atom. The van der Waals surface area contributed by atoms with Crippen LogP contribution in [0, 0.1) is 21.4 Å². The Kier molecular flexibility index (Phi) is 6.29. The summed E-state index contributed by atoms with van der Waals surface area (Å²) in [6.45, 7) is 0. The molecule has 0 aliphatic heterocycles. The first-order valence-electron chi connectivity index (χ1n) is 8.52. The topological polar surface area (TPSA) is 118 Å². The number of carbonyl (C=O) groups is 1. The molecule has 0 fully saturated rings. The predicted octanol–water partition coefficient (Wildman–Crippen LogP) is 5.17. The summed E-state index contributed by atoms with van der Waals surface area (Å²) in [5.41, 5.74) is 0.774. The molecule has 3 rings (SSSR count). The van der Waals surface area contributed by atoms with E-state index in [1.165, 1.54) is 31.4 Å². The fourth-order valence-electron chi connectivity index (χ4n) is 2.63. The third kappa shape index (κ3) is 4.74. The number of rotatable bonds is 6. The smallest absolute Gasteiger partial charge is 0.273 e. The molecule has 0 aliphatic carbocycles. The second-order valence-electron chi connectivity index (χ2n) is 5.98. The van der Waals surface area contributed by atoms with Crippen LogP contribution in [-0.2, 0) is 4.79 Å². The van der Waals surface area contributed by atoms with Crippen molar-refractivity contribution in [2.75, 3.05) is 12.4 Å². The largest absolute Gasteiger partial charge is 0.496 e. The normalized spacial score (nSPS) is 10.9. The molecular weight excluding hydrogens is 454 g/mol. The molecule has 0 aliphatic rings. The number of nitrogens with zero attached hydrogens (tertiary/aromatic N) is 2. The van der Waals surface area contributed by atoms with Gasteiger partial charge >= 0.3 is 0 Å². The first-order chi connectivity index (χ1) is 14.4. The Morgan fingerprint density at radius 2 is 2.07 bits per heavy atom. The fraction of sp³-hybridized carbons (Fsp3) is 0.0476. The SMILES string of the molecule is COc1cc([N+](=O)[O-])ccc1-c1ccc(C=C(C#N)C(=O)Nc2cccc(Br)c2)o1. The maximum atomic E-state index is 12.4. The number of non-ortho nitro benzene ring substituents is 1. The van der Waals surface area contributed by atoms with E-state index < -0.39 is 10.8 Å². The Hall–Kier alpha value is -3.90. The molecular formula is C21H14BrN3O5. The standard InChI is InChI=1S/C21H14BrN3O5/c1-29-20-11-16(25(27)28)5-7-18(20)19-8-6-17(30-19)9-13(12-23)21(26)24-15-4-2-3-14(22)10-15/h2-11H,1H3,(H,24,26). The molecule has 1 heterocycles. The zero-order valence-electron chi connectivity index (χ0n) is 15.6. The van der Waals surface area contributed by atoms with Crippen LogP contribution in [0.2, 0.25) is 0 Å². The average molecular weight is 468 g/mol. The van der Waals surface area contributed by atoms with Gasteiger partial charge in [-0.15, -0.1) is 0 Å². The number of ether oxygens (including phenoxy) is 1. The van der Waals surface area contributed by atoms with Crippen LogP contribution >= 0.6 is 15.9 Å². The van der Waals surface area contributed by atoms with Crippen molar-refractivity contribution in [3.63, 3.8) is 0 Å². The third-order valence-electron chi connectivity index (χ3n) is 4.02. The quantitative estimate of drug-likeness (QED) is 0.231. The number of methoxy groups -OCH3 is 1. The lowest BCUT2D eigenvalue weighted by Crippen LogP contribution is -2.13. The number of carbonyl (C=O) groups excluding carboxylic acids is 1. The second kappa shape index (κ2) is 9.07. The van der Waals surface area contributed by atoms with Crippen molar-refractivity contribution in [2.45, 2.75) is 0 Å². The zero-order chi connectivity index (χ0) is 21.7. The Labute approximate surface area is 179 Å². The summed E-state index contributed by atoms with van der Waals surface area (Å²) >= 11 is 3.32. The van der Waals surface area contributed by atoms with E-state index >= 15 is 0 Å². The molecule has 0 spiro atoms. The van der Waals surface area contributed by atoms with Crippen molar-refractivity contribution in [3.8, 4) is 23.1 Å². The van der Waals surface area contributed by atoms with Gasteiger partial charge in [-0.2, -0.15) is 5.26 Å². The number of hydrogen-bond acceptors (Lipinski definition) is 6. The number of nitriles is 1. The van der Waals surface area contributed by atoms with Gasteiger partial charge in [0.1, 0.15) is 28.9 Å². The Bertz CT molecular complexity index is 1190. The van der Waals surface area contributed by atoms with Crippen LogP contribution in [0.5, 0.6) is 5.75 Å². The van der Waals surface area contributed by atoms with Crippen LogP contribution in [0.3, 0.4) is 0 Å². The number of furan rings is 1. The number of amides is 1. The molecule has 150 valence electrons. The van der Waals surface area contributed by atoms with Gasteiger partial charge in [0.15, 0.2) is 0 Å². The summed E-state index contributed by atoms with van der Waals surface area (Å²) < 4.78 is 11.7. The molecule has 1 N–H and O–H groups in total. The number of halogens is 1. The molecule has 8 nitrogen and oxygen atoms in total. The van der Waals surface area contributed by atoms with Gasteiger partial charge in [-0.05, 0) is 36.4 Å². The molecule has 1 amide bonds. The highest BCUT2D eigenvalue weighted by Gasteiger charge is 2.16. The van der Waals surface area contributed by atoms with Gasteiger partial charge in [0.05, 0.1) is 23.7 Å². The van der Waals surface area contributed by atoms with E-state index in [2.05, 4.69) is 21.2 Å². The molecule has 2 aromatic carbocycles. The summed E-state index contributed by atoms with van der Waals surface area (Å²) in [7, 11) is 1.40. The predicted molar refractivity (Wildman–Crippen MR) is 114 cm³/mol. The molecule has 3 aromatic rings. The summed E-state index contributed by atoms with van der Waals surface area (Å²) in [6, 6.07) is 16.2. The van der Waals surface area contributed by atoms with Gasteiger partial charge < -0.3 is 14.5 Å². The summed E-state index contributed by atoms with van der Waals surface area (Å²) in [5, 5.41) is 22.9. The van der Waals surface area contributed by atoms with Gasteiger partial charge in [-0.25, -0.2) is 0 Å². The minimum atomic E-state index is -0.582. The van der Waals surface area contributed by atoms with Crippen molar-refractivity contribution in [1.82, 2.24) is 0 Å². The first kappa shape index (κ1) is 20.8. The maximum Gasteiger partial charge on any atom is 0.273 e. The van der Waals surface area contributed by atoms with Crippen LogP contribution in [0.15, 0.2) is 69.1 Å². The van der Waals surface area contributed by atoms with Crippen LogP contribution in [-0.4, -0.2) is 17.9 Å². The molecule has 0 bridgehead atoms. The molecule has 0 radical (unpaired) electrons. The highest BCUT2D eigenvalue weighted by atomic mass is 79.9. The van der Waals surface area contributed by atoms with E-state index in [0.29, 0.717) is 17.0 Å². The lowest BCUT2D eigenvalue weighted by molar-refractivity contribution is -0.384. The fourth-order valence-corrected chi connectivity index (χ4v) is 3.03. The zero-order valence-corrected chi connectivity index (χ0v) is 17.2. The molecule has 9 heteroatoms. The number of nitro groups is 1. The van der Waals surface area contributed by atoms with Crippen molar-refractivity contribution in [2.24, 2.45) is 0 Å². The first-order valence-corrected chi connectivity index (χ1v) is 9.32.